The molecule has 2 aliphatic heterocycles. The Labute approximate surface area is 103 Å². The van der Waals surface area contributed by atoms with Crippen LogP contribution in [0, 0.1) is 5.41 Å². The van der Waals surface area contributed by atoms with E-state index in [-0.39, 0.29) is 17.4 Å². The average Bonchev–Trinajstić information content (AvgIpc) is 2.40. The molecule has 4 heteroatoms. The number of amides is 1. The van der Waals surface area contributed by atoms with Crippen molar-refractivity contribution in [3.05, 3.63) is 0 Å². The van der Waals surface area contributed by atoms with Crippen LogP contribution < -0.4 is 10.6 Å². The van der Waals surface area contributed by atoms with Crippen molar-refractivity contribution in [2.75, 3.05) is 26.3 Å². The first-order valence-corrected chi connectivity index (χ1v) is 6.86. The van der Waals surface area contributed by atoms with E-state index in [0.717, 1.165) is 51.8 Å². The number of hydrogen-bond acceptors (Lipinski definition) is 3. The molecular weight excluding hydrogens is 216 g/mol. The van der Waals surface area contributed by atoms with Crippen molar-refractivity contribution < 1.29 is 9.53 Å². The molecule has 2 fully saturated rings. The number of rotatable bonds is 3. The van der Waals surface area contributed by atoms with Crippen molar-refractivity contribution in [2.45, 2.75) is 45.1 Å². The van der Waals surface area contributed by atoms with E-state index in [9.17, 15) is 4.79 Å². The second-order valence-corrected chi connectivity index (χ2v) is 5.27. The van der Waals surface area contributed by atoms with Crippen molar-refractivity contribution in [3.8, 4) is 0 Å². The maximum absolute atomic E-state index is 12.4. The van der Waals surface area contributed by atoms with Gasteiger partial charge in [-0.15, -0.1) is 0 Å². The van der Waals surface area contributed by atoms with Crippen LogP contribution in [0.3, 0.4) is 0 Å². The first kappa shape index (κ1) is 12.8. The summed E-state index contributed by atoms with van der Waals surface area (Å²) in [6, 6.07) is 0.231. The van der Waals surface area contributed by atoms with Gasteiger partial charge in [-0.25, -0.2) is 0 Å². The molecule has 0 spiro atoms. The quantitative estimate of drug-likeness (QED) is 0.775. The number of carbonyl (C=O) groups excluding carboxylic acids is 1. The fourth-order valence-electron chi connectivity index (χ4n) is 2.84. The van der Waals surface area contributed by atoms with Crippen molar-refractivity contribution in [1.29, 1.82) is 0 Å². The summed E-state index contributed by atoms with van der Waals surface area (Å²) in [5.41, 5.74) is -0.136. The van der Waals surface area contributed by atoms with E-state index < -0.39 is 0 Å². The summed E-state index contributed by atoms with van der Waals surface area (Å²) in [5, 5.41) is 6.52. The smallest absolute Gasteiger partial charge is 0.226 e. The number of ether oxygens (including phenoxy) is 1. The van der Waals surface area contributed by atoms with E-state index in [1.54, 1.807) is 0 Å². The van der Waals surface area contributed by atoms with Gasteiger partial charge in [0.1, 0.15) is 0 Å². The highest BCUT2D eigenvalue weighted by molar-refractivity contribution is 5.83. The van der Waals surface area contributed by atoms with Gasteiger partial charge in [-0.1, -0.05) is 6.92 Å². The van der Waals surface area contributed by atoms with Crippen molar-refractivity contribution >= 4 is 5.91 Å². The van der Waals surface area contributed by atoms with Crippen LogP contribution in [0.25, 0.3) is 0 Å². The summed E-state index contributed by atoms with van der Waals surface area (Å²) in [5.74, 6) is 0.247. The maximum atomic E-state index is 12.4. The van der Waals surface area contributed by atoms with Crippen LogP contribution >= 0.6 is 0 Å². The topological polar surface area (TPSA) is 50.4 Å². The predicted molar refractivity (Wildman–Crippen MR) is 66.8 cm³/mol. The molecule has 0 aliphatic carbocycles. The van der Waals surface area contributed by atoms with Gasteiger partial charge in [0.15, 0.2) is 0 Å². The van der Waals surface area contributed by atoms with Crippen LogP contribution in [-0.4, -0.2) is 38.3 Å². The van der Waals surface area contributed by atoms with Crippen LogP contribution in [0.2, 0.25) is 0 Å². The van der Waals surface area contributed by atoms with E-state index in [4.69, 9.17) is 4.74 Å². The molecule has 1 unspecified atom stereocenters. The molecule has 98 valence electrons. The summed E-state index contributed by atoms with van der Waals surface area (Å²) in [7, 11) is 0. The highest BCUT2D eigenvalue weighted by Gasteiger charge is 2.38. The molecule has 4 nitrogen and oxygen atoms in total. The zero-order chi connectivity index (χ0) is 12.1. The second-order valence-electron chi connectivity index (χ2n) is 5.27. The third-order valence-electron chi connectivity index (χ3n) is 4.21. The van der Waals surface area contributed by atoms with Gasteiger partial charge in [0, 0.05) is 6.61 Å². The number of hydrogen-bond donors (Lipinski definition) is 2. The normalized spacial score (nSPS) is 28.6. The molecule has 2 saturated heterocycles. The zero-order valence-electron chi connectivity index (χ0n) is 10.8. The van der Waals surface area contributed by atoms with Crippen LogP contribution in [0.4, 0.5) is 0 Å². The molecule has 17 heavy (non-hydrogen) atoms. The van der Waals surface area contributed by atoms with Crippen LogP contribution in [0.5, 0.6) is 0 Å². The Balaban J connectivity index is 1.91. The summed E-state index contributed by atoms with van der Waals surface area (Å²) < 4.78 is 5.41. The highest BCUT2D eigenvalue weighted by atomic mass is 16.5. The van der Waals surface area contributed by atoms with E-state index in [0.29, 0.717) is 6.61 Å². The maximum Gasteiger partial charge on any atom is 0.226 e. The van der Waals surface area contributed by atoms with Crippen molar-refractivity contribution in [1.82, 2.24) is 10.6 Å². The van der Waals surface area contributed by atoms with Gasteiger partial charge in [-0.05, 0) is 45.2 Å². The molecule has 0 aromatic heterocycles. The first-order chi connectivity index (χ1) is 8.27. The summed E-state index contributed by atoms with van der Waals surface area (Å²) in [4.78, 5) is 12.4. The number of piperidine rings is 1. The summed E-state index contributed by atoms with van der Waals surface area (Å²) in [6.45, 7) is 5.58. The lowest BCUT2D eigenvalue weighted by atomic mass is 9.75. The van der Waals surface area contributed by atoms with Crippen LogP contribution in [0.1, 0.15) is 39.0 Å². The van der Waals surface area contributed by atoms with Gasteiger partial charge in [-0.3, -0.25) is 4.79 Å². The fraction of sp³-hybridized carbons (Fsp3) is 0.923. The average molecular weight is 240 g/mol. The summed E-state index contributed by atoms with van der Waals surface area (Å²) in [6.07, 6.45) is 4.98. The lowest BCUT2D eigenvalue weighted by Gasteiger charge is -2.37. The lowest BCUT2D eigenvalue weighted by molar-refractivity contribution is -0.134. The molecule has 0 saturated carbocycles. The fourth-order valence-corrected chi connectivity index (χ4v) is 2.84. The molecule has 0 radical (unpaired) electrons. The van der Waals surface area contributed by atoms with Gasteiger partial charge in [-0.2, -0.15) is 0 Å². The molecular formula is C13H24N2O2. The molecule has 2 N–H and O–H groups in total. The van der Waals surface area contributed by atoms with Crippen LogP contribution in [-0.2, 0) is 9.53 Å². The molecule has 0 aromatic rings. The molecule has 2 rings (SSSR count). The lowest BCUT2D eigenvalue weighted by Crippen LogP contribution is -2.51. The van der Waals surface area contributed by atoms with Gasteiger partial charge >= 0.3 is 0 Å². The minimum atomic E-state index is -0.136. The molecule has 2 heterocycles. The monoisotopic (exact) mass is 240 g/mol. The SMILES string of the molecule is CCC1(C(=O)NC2CCCOC2)CCNCC1. The number of nitrogens with one attached hydrogen (secondary N) is 2. The zero-order valence-corrected chi connectivity index (χ0v) is 10.8. The van der Waals surface area contributed by atoms with Crippen molar-refractivity contribution in [2.24, 2.45) is 5.41 Å². The molecule has 0 aromatic carbocycles. The van der Waals surface area contributed by atoms with Gasteiger partial charge in [0.05, 0.1) is 18.1 Å². The van der Waals surface area contributed by atoms with Gasteiger partial charge in [0.2, 0.25) is 5.91 Å². The Hall–Kier alpha value is -0.610. The van der Waals surface area contributed by atoms with Crippen LogP contribution in [0.15, 0.2) is 0 Å². The van der Waals surface area contributed by atoms with E-state index >= 15 is 0 Å². The van der Waals surface area contributed by atoms with E-state index in [2.05, 4.69) is 17.6 Å². The Bertz CT molecular complexity index is 256. The van der Waals surface area contributed by atoms with Gasteiger partial charge < -0.3 is 15.4 Å². The van der Waals surface area contributed by atoms with Gasteiger partial charge in [0.25, 0.3) is 0 Å². The Morgan fingerprint density at radius 2 is 2.24 bits per heavy atom. The van der Waals surface area contributed by atoms with E-state index in [1.165, 1.54) is 0 Å². The molecule has 0 bridgehead atoms. The highest BCUT2D eigenvalue weighted by Crippen LogP contribution is 2.33. The Morgan fingerprint density at radius 1 is 1.47 bits per heavy atom. The predicted octanol–water partition coefficient (Wildman–Crippen LogP) is 1.06. The second kappa shape index (κ2) is 5.83. The largest absolute Gasteiger partial charge is 0.379 e. The standard InChI is InChI=1S/C13H24N2O2/c1-2-13(5-7-14-8-6-13)12(16)15-11-4-3-9-17-10-11/h11,14H,2-10H2,1H3,(H,15,16). The van der Waals surface area contributed by atoms with E-state index in [1.807, 2.05) is 0 Å². The Kier molecular flexibility index (Phi) is 4.40. The third-order valence-corrected chi connectivity index (χ3v) is 4.21. The molecule has 1 atom stereocenters. The molecule has 1 amide bonds. The summed E-state index contributed by atoms with van der Waals surface area (Å²) >= 11 is 0. The minimum absolute atomic E-state index is 0.136. The third kappa shape index (κ3) is 2.99. The minimum Gasteiger partial charge on any atom is -0.379 e. The first-order valence-electron chi connectivity index (χ1n) is 6.86. The Morgan fingerprint density at radius 3 is 2.82 bits per heavy atom. The van der Waals surface area contributed by atoms with Crippen molar-refractivity contribution in [3.63, 3.8) is 0 Å². The molecule has 2 aliphatic rings. The number of carbonyl (C=O) groups is 1.